The Hall–Kier alpha value is -3.39. The minimum atomic E-state index is -0.844. The Kier molecular flexibility index (Phi) is 5.90. The largest absolute Gasteiger partial charge is 0.504 e. The number of nitrogens with zero attached hydrogens (tertiary/aromatic N) is 1. The molecule has 3 rings (SSSR count). The van der Waals surface area contributed by atoms with Crippen molar-refractivity contribution in [2.75, 3.05) is 14.2 Å². The first-order valence-electron chi connectivity index (χ1n) is 8.40. The average molecular weight is 386 g/mol. The first kappa shape index (κ1) is 19.4. The summed E-state index contributed by atoms with van der Waals surface area (Å²) in [5, 5.41) is 13.0. The van der Waals surface area contributed by atoms with Gasteiger partial charge in [-0.2, -0.15) is 0 Å². The van der Waals surface area contributed by atoms with E-state index in [9.17, 15) is 14.3 Å². The van der Waals surface area contributed by atoms with E-state index in [1.807, 2.05) is 0 Å². The molecule has 0 aliphatic heterocycles. The van der Waals surface area contributed by atoms with Crippen molar-refractivity contribution in [2.24, 2.45) is 0 Å². The van der Waals surface area contributed by atoms with Gasteiger partial charge in [0, 0.05) is 5.56 Å². The molecule has 7 nitrogen and oxygen atoms in total. The van der Waals surface area contributed by atoms with Crippen LogP contribution in [-0.4, -0.2) is 30.3 Å². The minimum absolute atomic E-state index is 0.0922. The van der Waals surface area contributed by atoms with E-state index < -0.39 is 12.0 Å². The number of methoxy groups -OCH3 is 2. The second-order valence-electron chi connectivity index (χ2n) is 5.89. The molecule has 1 atom stereocenters. The summed E-state index contributed by atoms with van der Waals surface area (Å²) in [7, 11) is 2.71. The number of halogens is 1. The van der Waals surface area contributed by atoms with Crippen molar-refractivity contribution in [3.05, 3.63) is 65.9 Å². The third-order valence-electron chi connectivity index (χ3n) is 4.11. The number of hydrogen-bond acceptors (Lipinski definition) is 7. The Morgan fingerprint density at radius 3 is 2.64 bits per heavy atom. The summed E-state index contributed by atoms with van der Waals surface area (Å²) in [6, 6.07) is 9.62. The molecule has 0 bridgehead atoms. The second-order valence-corrected chi connectivity index (χ2v) is 5.89. The van der Waals surface area contributed by atoms with Crippen LogP contribution in [0.2, 0.25) is 0 Å². The number of phenolic OH excluding ortho intramolecular Hbond substituents is 1. The summed E-state index contributed by atoms with van der Waals surface area (Å²) in [6.45, 7) is 0.133. The van der Waals surface area contributed by atoms with Crippen LogP contribution < -0.4 is 10.1 Å². The smallest absolute Gasteiger partial charge is 0.327 e. The molecule has 0 saturated carbocycles. The van der Waals surface area contributed by atoms with Gasteiger partial charge >= 0.3 is 5.97 Å². The van der Waals surface area contributed by atoms with E-state index in [0.29, 0.717) is 28.5 Å². The summed E-state index contributed by atoms with van der Waals surface area (Å²) in [5.41, 5.74) is 1.18. The first-order valence-corrected chi connectivity index (χ1v) is 8.40. The third-order valence-corrected chi connectivity index (χ3v) is 4.11. The highest BCUT2D eigenvalue weighted by Gasteiger charge is 2.23. The predicted molar refractivity (Wildman–Crippen MR) is 98.2 cm³/mol. The van der Waals surface area contributed by atoms with Crippen LogP contribution >= 0.6 is 0 Å². The van der Waals surface area contributed by atoms with Gasteiger partial charge in [0.15, 0.2) is 17.3 Å². The van der Waals surface area contributed by atoms with Crippen LogP contribution in [0.15, 0.2) is 53.1 Å². The maximum atomic E-state index is 13.0. The fourth-order valence-corrected chi connectivity index (χ4v) is 2.67. The zero-order valence-corrected chi connectivity index (χ0v) is 15.3. The topological polar surface area (TPSA) is 93.8 Å². The zero-order chi connectivity index (χ0) is 20.1. The van der Waals surface area contributed by atoms with Crippen molar-refractivity contribution < 1.29 is 28.2 Å². The Balaban J connectivity index is 1.75. The van der Waals surface area contributed by atoms with Crippen LogP contribution in [0.5, 0.6) is 11.5 Å². The number of aromatic nitrogens is 1. The molecule has 0 fully saturated rings. The van der Waals surface area contributed by atoms with Crippen molar-refractivity contribution in [1.82, 2.24) is 10.3 Å². The van der Waals surface area contributed by atoms with Gasteiger partial charge in [-0.3, -0.25) is 5.32 Å². The molecule has 0 spiro atoms. The lowest BCUT2D eigenvalue weighted by Crippen LogP contribution is -2.29. The molecular weight excluding hydrogens is 367 g/mol. The molecule has 0 radical (unpaired) electrons. The lowest BCUT2D eigenvalue weighted by Gasteiger charge is -2.17. The minimum Gasteiger partial charge on any atom is -0.504 e. The van der Waals surface area contributed by atoms with Gasteiger partial charge in [0.1, 0.15) is 11.9 Å². The Morgan fingerprint density at radius 1 is 1.25 bits per heavy atom. The monoisotopic (exact) mass is 386 g/mol. The van der Waals surface area contributed by atoms with Gasteiger partial charge in [0.05, 0.1) is 27.0 Å². The Bertz CT molecular complexity index is 955. The summed E-state index contributed by atoms with van der Waals surface area (Å²) in [6.07, 6.45) is 1.52. The molecule has 0 saturated heterocycles. The maximum absolute atomic E-state index is 13.0. The predicted octanol–water partition coefficient (Wildman–Crippen LogP) is 3.20. The number of rotatable bonds is 7. The zero-order valence-electron chi connectivity index (χ0n) is 15.3. The third kappa shape index (κ3) is 4.29. The number of benzene rings is 2. The molecule has 1 heterocycles. The maximum Gasteiger partial charge on any atom is 0.327 e. The molecule has 2 N–H and O–H groups in total. The standard InChI is InChI=1S/C20H19FN2O5/c1-26-16-8-5-13(9-15(16)24)19(20(25)27-2)23-11-18-22-10-17(28-18)12-3-6-14(21)7-4-12/h3-10,19,23-24H,11H2,1-2H3/t19-/m0/s1. The average Bonchev–Trinajstić information content (AvgIpc) is 3.17. The van der Waals surface area contributed by atoms with E-state index in [1.54, 1.807) is 24.3 Å². The lowest BCUT2D eigenvalue weighted by molar-refractivity contribution is -0.143. The highest BCUT2D eigenvalue weighted by Crippen LogP contribution is 2.29. The van der Waals surface area contributed by atoms with Crippen molar-refractivity contribution in [3.8, 4) is 22.8 Å². The number of carbonyl (C=O) groups excluding carboxylic acids is 1. The molecule has 8 heteroatoms. The van der Waals surface area contributed by atoms with E-state index in [0.717, 1.165) is 0 Å². The molecule has 28 heavy (non-hydrogen) atoms. The summed E-state index contributed by atoms with van der Waals surface area (Å²) < 4.78 is 28.5. The summed E-state index contributed by atoms with van der Waals surface area (Å²) in [4.78, 5) is 16.3. The number of phenols is 1. The quantitative estimate of drug-likeness (QED) is 0.602. The highest BCUT2D eigenvalue weighted by atomic mass is 19.1. The number of carbonyl (C=O) groups is 1. The van der Waals surface area contributed by atoms with Gasteiger partial charge in [-0.05, 0) is 42.0 Å². The second kappa shape index (κ2) is 8.53. The van der Waals surface area contributed by atoms with Crippen molar-refractivity contribution >= 4 is 5.97 Å². The van der Waals surface area contributed by atoms with Gasteiger partial charge in [-0.25, -0.2) is 14.2 Å². The number of hydrogen-bond donors (Lipinski definition) is 2. The van der Waals surface area contributed by atoms with Crippen LogP contribution in [0.25, 0.3) is 11.3 Å². The number of esters is 1. The Labute approximate surface area is 160 Å². The van der Waals surface area contributed by atoms with Crippen LogP contribution in [0.4, 0.5) is 4.39 Å². The van der Waals surface area contributed by atoms with E-state index in [-0.39, 0.29) is 18.1 Å². The van der Waals surface area contributed by atoms with Gasteiger partial charge in [-0.15, -0.1) is 0 Å². The molecule has 2 aromatic carbocycles. The van der Waals surface area contributed by atoms with Crippen LogP contribution in [0.3, 0.4) is 0 Å². The highest BCUT2D eigenvalue weighted by molar-refractivity contribution is 5.77. The van der Waals surface area contributed by atoms with Gasteiger partial charge in [0.2, 0.25) is 5.89 Å². The van der Waals surface area contributed by atoms with Crippen molar-refractivity contribution in [1.29, 1.82) is 0 Å². The number of oxazole rings is 1. The number of aromatic hydroxyl groups is 1. The fourth-order valence-electron chi connectivity index (χ4n) is 2.67. The van der Waals surface area contributed by atoms with Crippen molar-refractivity contribution in [3.63, 3.8) is 0 Å². The van der Waals surface area contributed by atoms with Gasteiger partial charge in [-0.1, -0.05) is 6.07 Å². The molecule has 0 aliphatic rings. The number of ether oxygens (including phenoxy) is 2. The molecule has 3 aromatic rings. The van der Waals surface area contributed by atoms with E-state index in [2.05, 4.69) is 10.3 Å². The molecule has 146 valence electrons. The fraction of sp³-hybridized carbons (Fsp3) is 0.200. The first-order chi connectivity index (χ1) is 13.5. The van der Waals surface area contributed by atoms with E-state index >= 15 is 0 Å². The normalized spacial score (nSPS) is 11.8. The summed E-state index contributed by atoms with van der Waals surface area (Å²) >= 11 is 0. The SMILES string of the molecule is COC(=O)[C@@H](NCc1ncc(-c2ccc(F)cc2)o1)c1ccc(OC)c(O)c1. The molecular formula is C20H19FN2O5. The van der Waals surface area contributed by atoms with E-state index in [1.165, 1.54) is 38.6 Å². The molecule has 0 aliphatic carbocycles. The Morgan fingerprint density at radius 2 is 2.00 bits per heavy atom. The lowest BCUT2D eigenvalue weighted by atomic mass is 10.1. The van der Waals surface area contributed by atoms with Gasteiger partial charge < -0.3 is 19.0 Å². The summed E-state index contributed by atoms with van der Waals surface area (Å²) in [5.74, 6) is 0.151. The van der Waals surface area contributed by atoms with Crippen LogP contribution in [0.1, 0.15) is 17.5 Å². The van der Waals surface area contributed by atoms with Gasteiger partial charge in [0.25, 0.3) is 0 Å². The molecule has 0 unspecified atom stereocenters. The molecule has 0 amide bonds. The van der Waals surface area contributed by atoms with E-state index in [4.69, 9.17) is 13.9 Å². The number of nitrogens with one attached hydrogen (secondary N) is 1. The van der Waals surface area contributed by atoms with Crippen LogP contribution in [-0.2, 0) is 16.1 Å². The van der Waals surface area contributed by atoms with Crippen molar-refractivity contribution in [2.45, 2.75) is 12.6 Å². The molecule has 1 aromatic heterocycles. The van der Waals surface area contributed by atoms with Crippen LogP contribution in [0, 0.1) is 5.82 Å².